The zero-order valence-electron chi connectivity index (χ0n) is 16.5. The zero-order valence-corrected chi connectivity index (χ0v) is 17.3. The third kappa shape index (κ3) is 4.44. The van der Waals surface area contributed by atoms with E-state index in [1.807, 2.05) is 12.1 Å². The molecule has 0 aromatic heterocycles. The second-order valence-corrected chi connectivity index (χ2v) is 8.06. The summed E-state index contributed by atoms with van der Waals surface area (Å²) >= 11 is 1.49. The van der Waals surface area contributed by atoms with Gasteiger partial charge in [0.25, 0.3) is 5.91 Å². The number of para-hydroxylation sites is 1. The van der Waals surface area contributed by atoms with Crippen LogP contribution in [-0.4, -0.2) is 46.0 Å². The van der Waals surface area contributed by atoms with E-state index in [-0.39, 0.29) is 36.3 Å². The van der Waals surface area contributed by atoms with Crippen molar-refractivity contribution in [3.63, 3.8) is 0 Å². The summed E-state index contributed by atoms with van der Waals surface area (Å²) < 4.78 is 0. The Balaban J connectivity index is 1.50. The Morgan fingerprint density at radius 3 is 2.55 bits per heavy atom. The summed E-state index contributed by atoms with van der Waals surface area (Å²) in [6.45, 7) is 0. The van der Waals surface area contributed by atoms with Gasteiger partial charge in [0.05, 0.1) is 23.2 Å². The van der Waals surface area contributed by atoms with E-state index in [0.717, 1.165) is 0 Å². The SMILES string of the molecule is N#Cc1ccc(NC(=O)C2CSCN2C(=O)C2=NN(c3ccccc3)C(=O)CC2)cc1. The molecule has 3 amide bonds. The molecule has 9 heteroatoms. The summed E-state index contributed by atoms with van der Waals surface area (Å²) in [6.07, 6.45) is 0.425. The summed E-state index contributed by atoms with van der Waals surface area (Å²) in [6, 6.07) is 16.9. The number of amides is 3. The molecule has 1 saturated heterocycles. The van der Waals surface area contributed by atoms with Crippen LogP contribution in [0.4, 0.5) is 11.4 Å². The number of carbonyl (C=O) groups is 3. The molecule has 0 bridgehead atoms. The average molecular weight is 433 g/mol. The van der Waals surface area contributed by atoms with Crippen LogP contribution in [-0.2, 0) is 14.4 Å². The number of nitrogens with zero attached hydrogens (tertiary/aromatic N) is 4. The first-order valence-corrected chi connectivity index (χ1v) is 10.9. The minimum Gasteiger partial charge on any atom is -0.324 e. The van der Waals surface area contributed by atoms with Crippen molar-refractivity contribution in [1.29, 1.82) is 5.26 Å². The van der Waals surface area contributed by atoms with E-state index in [2.05, 4.69) is 10.4 Å². The van der Waals surface area contributed by atoms with E-state index < -0.39 is 6.04 Å². The molecule has 0 aliphatic carbocycles. The molecular formula is C22H19N5O3S. The molecule has 31 heavy (non-hydrogen) atoms. The Bertz CT molecular complexity index is 1080. The Labute approximate surface area is 183 Å². The fourth-order valence-corrected chi connectivity index (χ4v) is 4.51. The summed E-state index contributed by atoms with van der Waals surface area (Å²) in [5, 5.41) is 17.3. The van der Waals surface area contributed by atoms with Crippen molar-refractivity contribution >= 4 is 46.6 Å². The Morgan fingerprint density at radius 2 is 1.84 bits per heavy atom. The van der Waals surface area contributed by atoms with Crippen LogP contribution in [0.1, 0.15) is 18.4 Å². The number of hydrazone groups is 1. The number of nitrogens with one attached hydrogen (secondary N) is 1. The van der Waals surface area contributed by atoms with E-state index in [4.69, 9.17) is 5.26 Å². The van der Waals surface area contributed by atoms with Crippen molar-refractivity contribution in [2.45, 2.75) is 18.9 Å². The molecule has 1 unspecified atom stereocenters. The van der Waals surface area contributed by atoms with Crippen LogP contribution >= 0.6 is 11.8 Å². The monoisotopic (exact) mass is 433 g/mol. The number of carbonyl (C=O) groups excluding carboxylic acids is 3. The van der Waals surface area contributed by atoms with Crippen molar-refractivity contribution in [2.24, 2.45) is 5.10 Å². The zero-order chi connectivity index (χ0) is 21.8. The number of benzene rings is 2. The second-order valence-electron chi connectivity index (χ2n) is 7.06. The van der Waals surface area contributed by atoms with Crippen LogP contribution in [0.5, 0.6) is 0 Å². The summed E-state index contributed by atoms with van der Waals surface area (Å²) in [4.78, 5) is 39.8. The minimum absolute atomic E-state index is 0.173. The van der Waals surface area contributed by atoms with Gasteiger partial charge in [0.2, 0.25) is 11.8 Å². The lowest BCUT2D eigenvalue weighted by Crippen LogP contribution is -2.48. The molecule has 1 N–H and O–H groups in total. The molecule has 2 heterocycles. The van der Waals surface area contributed by atoms with E-state index in [0.29, 0.717) is 28.6 Å². The summed E-state index contributed by atoms with van der Waals surface area (Å²) in [5.41, 5.74) is 1.92. The van der Waals surface area contributed by atoms with Gasteiger partial charge in [-0.3, -0.25) is 14.4 Å². The van der Waals surface area contributed by atoms with Crippen LogP contribution < -0.4 is 10.3 Å². The van der Waals surface area contributed by atoms with Gasteiger partial charge in [0.1, 0.15) is 11.8 Å². The molecule has 2 aliphatic rings. The molecule has 156 valence electrons. The molecule has 0 spiro atoms. The molecule has 1 atom stereocenters. The third-order valence-electron chi connectivity index (χ3n) is 5.01. The van der Waals surface area contributed by atoms with E-state index >= 15 is 0 Å². The van der Waals surface area contributed by atoms with Crippen molar-refractivity contribution in [1.82, 2.24) is 4.90 Å². The Kier molecular flexibility index (Phi) is 6.00. The van der Waals surface area contributed by atoms with Gasteiger partial charge in [-0.2, -0.15) is 10.4 Å². The molecule has 4 rings (SSSR count). The predicted octanol–water partition coefficient (Wildman–Crippen LogP) is 2.58. The third-order valence-corrected chi connectivity index (χ3v) is 6.02. The number of thioether (sulfide) groups is 1. The Hall–Kier alpha value is -3.64. The average Bonchev–Trinajstić information content (AvgIpc) is 3.30. The quantitative estimate of drug-likeness (QED) is 0.798. The largest absolute Gasteiger partial charge is 0.324 e. The predicted molar refractivity (Wildman–Crippen MR) is 118 cm³/mol. The maximum absolute atomic E-state index is 13.2. The van der Waals surface area contributed by atoms with E-state index in [1.54, 1.807) is 48.5 Å². The van der Waals surface area contributed by atoms with Crippen molar-refractivity contribution in [3.8, 4) is 6.07 Å². The fraction of sp³-hybridized carbons (Fsp3) is 0.227. The van der Waals surface area contributed by atoms with Crippen LogP contribution in [0, 0.1) is 11.3 Å². The molecule has 1 fully saturated rings. The Morgan fingerprint density at radius 1 is 1.10 bits per heavy atom. The molecule has 0 radical (unpaired) electrons. The molecule has 8 nitrogen and oxygen atoms in total. The number of hydrogen-bond acceptors (Lipinski definition) is 6. The smallest absolute Gasteiger partial charge is 0.271 e. The van der Waals surface area contributed by atoms with Gasteiger partial charge in [0.15, 0.2) is 0 Å². The van der Waals surface area contributed by atoms with Crippen molar-refractivity contribution in [3.05, 3.63) is 60.2 Å². The van der Waals surface area contributed by atoms with Crippen LogP contribution in [0.25, 0.3) is 0 Å². The highest BCUT2D eigenvalue weighted by Gasteiger charge is 2.38. The van der Waals surface area contributed by atoms with Gasteiger partial charge in [-0.1, -0.05) is 18.2 Å². The maximum atomic E-state index is 13.2. The molecule has 2 aromatic carbocycles. The van der Waals surface area contributed by atoms with Crippen LogP contribution in [0.2, 0.25) is 0 Å². The topological polar surface area (TPSA) is 106 Å². The second kappa shape index (κ2) is 9.02. The minimum atomic E-state index is -0.640. The van der Waals surface area contributed by atoms with Crippen LogP contribution in [0.3, 0.4) is 0 Å². The fourth-order valence-electron chi connectivity index (χ4n) is 3.36. The first kappa shape index (κ1) is 20.6. The van der Waals surface area contributed by atoms with Gasteiger partial charge >= 0.3 is 0 Å². The normalized spacial score (nSPS) is 18.4. The van der Waals surface area contributed by atoms with Crippen molar-refractivity contribution < 1.29 is 14.4 Å². The lowest BCUT2D eigenvalue weighted by molar-refractivity contribution is -0.131. The van der Waals surface area contributed by atoms with Crippen molar-refractivity contribution in [2.75, 3.05) is 22.0 Å². The first-order valence-electron chi connectivity index (χ1n) is 9.72. The lowest BCUT2D eigenvalue weighted by Gasteiger charge is -2.27. The van der Waals surface area contributed by atoms with Crippen LogP contribution in [0.15, 0.2) is 59.7 Å². The summed E-state index contributed by atoms with van der Waals surface area (Å²) in [7, 11) is 0. The summed E-state index contributed by atoms with van der Waals surface area (Å²) in [5.74, 6) is 0.0490. The molecule has 0 saturated carbocycles. The maximum Gasteiger partial charge on any atom is 0.271 e. The highest BCUT2D eigenvalue weighted by Crippen LogP contribution is 2.25. The lowest BCUT2D eigenvalue weighted by atomic mass is 10.1. The van der Waals surface area contributed by atoms with E-state index in [1.165, 1.54) is 21.7 Å². The number of hydrogen-bond donors (Lipinski definition) is 1. The van der Waals surface area contributed by atoms with E-state index in [9.17, 15) is 14.4 Å². The number of nitriles is 1. The van der Waals surface area contributed by atoms with Gasteiger partial charge in [-0.05, 0) is 36.4 Å². The van der Waals surface area contributed by atoms with Gasteiger partial charge < -0.3 is 10.2 Å². The molecule has 2 aromatic rings. The highest BCUT2D eigenvalue weighted by molar-refractivity contribution is 7.99. The molecule has 2 aliphatic heterocycles. The van der Waals surface area contributed by atoms with Gasteiger partial charge in [-0.25, -0.2) is 5.01 Å². The first-order chi connectivity index (χ1) is 15.1. The van der Waals surface area contributed by atoms with Gasteiger partial charge in [0, 0.05) is 24.3 Å². The molecular weight excluding hydrogens is 414 g/mol. The highest BCUT2D eigenvalue weighted by atomic mass is 32.2. The number of rotatable bonds is 4. The number of anilines is 2. The van der Waals surface area contributed by atoms with Gasteiger partial charge in [-0.15, -0.1) is 11.8 Å². The standard InChI is InChI=1S/C22H19N5O3S/c23-12-15-6-8-16(9-7-15)24-21(29)19-13-31-14-26(19)22(30)18-10-11-20(28)27(25-18)17-4-2-1-3-5-17/h1-9,19H,10-11,13-14H2,(H,24,29).